The molecule has 0 aliphatic carbocycles. The fourth-order valence-corrected chi connectivity index (χ4v) is 1.75. The van der Waals surface area contributed by atoms with Crippen LogP contribution in [-0.2, 0) is 16.1 Å². The number of hydrogen-bond donors (Lipinski definition) is 2. The molecular weight excluding hydrogens is 216 g/mol. The minimum atomic E-state index is -0.629. The Balaban J connectivity index is 2.43. The highest BCUT2D eigenvalue weighted by Crippen LogP contribution is 2.16. The smallest absolute Gasteiger partial charge is 0.284 e. The van der Waals surface area contributed by atoms with E-state index >= 15 is 0 Å². The van der Waals surface area contributed by atoms with Gasteiger partial charge in [0.15, 0.2) is 6.61 Å². The van der Waals surface area contributed by atoms with Gasteiger partial charge in [-0.2, -0.15) is 0 Å². The first kappa shape index (κ1) is 11.7. The van der Waals surface area contributed by atoms with Crippen molar-refractivity contribution in [2.45, 2.75) is 13.3 Å². The lowest BCUT2D eigenvalue weighted by atomic mass is 10.3. The molecule has 5 nitrogen and oxygen atoms in total. The van der Waals surface area contributed by atoms with Crippen molar-refractivity contribution in [3.63, 3.8) is 0 Å². The molecule has 0 saturated carbocycles. The van der Waals surface area contributed by atoms with Gasteiger partial charge in [0.2, 0.25) is 5.91 Å². The van der Waals surface area contributed by atoms with Gasteiger partial charge in [-0.15, -0.1) is 11.3 Å². The monoisotopic (exact) mass is 228 g/mol. The first-order valence-corrected chi connectivity index (χ1v) is 5.24. The number of thiophene rings is 1. The van der Waals surface area contributed by atoms with Crippen LogP contribution in [0.4, 0.5) is 0 Å². The zero-order valence-electron chi connectivity index (χ0n) is 8.28. The summed E-state index contributed by atoms with van der Waals surface area (Å²) in [5.74, 6) is -0.989. The van der Waals surface area contributed by atoms with E-state index in [4.69, 9.17) is 5.73 Å². The summed E-state index contributed by atoms with van der Waals surface area (Å²) in [5.41, 5.74) is 6.97. The number of hydrogen-bond acceptors (Lipinski definition) is 4. The summed E-state index contributed by atoms with van der Waals surface area (Å²) in [7, 11) is 0. The Kier molecular flexibility index (Phi) is 4.26. The third kappa shape index (κ3) is 3.69. The number of primary amides is 1. The molecule has 6 heteroatoms. The van der Waals surface area contributed by atoms with Gasteiger partial charge in [-0.25, -0.2) is 5.48 Å². The average molecular weight is 228 g/mol. The second-order valence-corrected chi connectivity index (χ2v) is 3.97. The molecule has 82 valence electrons. The summed E-state index contributed by atoms with van der Waals surface area (Å²) in [6, 6.07) is 3.60. The Bertz CT molecular complexity index is 362. The molecule has 0 saturated heterocycles. The number of rotatable bonds is 5. The molecule has 1 heterocycles. The van der Waals surface area contributed by atoms with Crippen LogP contribution in [0.1, 0.15) is 21.5 Å². The summed E-state index contributed by atoms with van der Waals surface area (Å²) in [6.45, 7) is 1.69. The number of aryl methyl sites for hydroxylation is 1. The van der Waals surface area contributed by atoms with E-state index in [0.717, 1.165) is 11.3 Å². The molecule has 15 heavy (non-hydrogen) atoms. The maximum absolute atomic E-state index is 11.4. The predicted molar refractivity (Wildman–Crippen MR) is 56.3 cm³/mol. The average Bonchev–Trinajstić information content (AvgIpc) is 2.65. The lowest BCUT2D eigenvalue weighted by Crippen LogP contribution is -2.28. The van der Waals surface area contributed by atoms with E-state index in [0.29, 0.717) is 4.88 Å². The topological polar surface area (TPSA) is 81.4 Å². The highest BCUT2D eigenvalue weighted by Gasteiger charge is 2.08. The van der Waals surface area contributed by atoms with Gasteiger partial charge in [-0.05, 0) is 18.6 Å². The van der Waals surface area contributed by atoms with Crippen molar-refractivity contribution in [2.75, 3.05) is 6.61 Å². The summed E-state index contributed by atoms with van der Waals surface area (Å²) in [4.78, 5) is 28.0. The van der Waals surface area contributed by atoms with Crippen LogP contribution in [0.5, 0.6) is 0 Å². The number of hydroxylamine groups is 1. The molecule has 0 spiro atoms. The Morgan fingerprint density at radius 1 is 1.53 bits per heavy atom. The Hall–Kier alpha value is -1.40. The molecule has 0 unspecified atom stereocenters. The molecule has 0 aliphatic heterocycles. The molecule has 0 bridgehead atoms. The summed E-state index contributed by atoms with van der Waals surface area (Å²) < 4.78 is 0. The fraction of sp³-hybridized carbons (Fsp3) is 0.333. The van der Waals surface area contributed by atoms with E-state index in [-0.39, 0.29) is 12.5 Å². The van der Waals surface area contributed by atoms with Crippen LogP contribution in [0.3, 0.4) is 0 Å². The number of carbonyl (C=O) groups is 2. The van der Waals surface area contributed by atoms with Gasteiger partial charge >= 0.3 is 0 Å². The van der Waals surface area contributed by atoms with Crippen molar-refractivity contribution in [1.29, 1.82) is 0 Å². The first-order chi connectivity index (χ1) is 7.13. The van der Waals surface area contributed by atoms with Crippen molar-refractivity contribution in [1.82, 2.24) is 5.48 Å². The van der Waals surface area contributed by atoms with Gasteiger partial charge in [0.1, 0.15) is 0 Å². The molecular formula is C9H12N2O3S. The van der Waals surface area contributed by atoms with Crippen molar-refractivity contribution >= 4 is 23.2 Å². The highest BCUT2D eigenvalue weighted by molar-refractivity contribution is 7.14. The van der Waals surface area contributed by atoms with Crippen LogP contribution in [0, 0.1) is 0 Å². The lowest BCUT2D eigenvalue weighted by Gasteiger charge is -2.01. The standard InChI is InChI=1S/C9H12N2O3S/c1-2-6-3-4-7(15-6)9(13)11-14-5-8(10)12/h3-4H,2,5H2,1H3,(H2,10,12)(H,11,13). The molecule has 0 aliphatic rings. The Morgan fingerprint density at radius 3 is 2.80 bits per heavy atom. The molecule has 0 aromatic carbocycles. The summed E-state index contributed by atoms with van der Waals surface area (Å²) >= 11 is 1.39. The number of nitrogens with two attached hydrogens (primary N) is 1. The normalized spacial score (nSPS) is 9.93. The number of amides is 2. The Labute approximate surface area is 91.2 Å². The van der Waals surface area contributed by atoms with Gasteiger partial charge in [0, 0.05) is 4.88 Å². The molecule has 1 aromatic heterocycles. The minimum Gasteiger partial charge on any atom is -0.368 e. The number of nitrogens with one attached hydrogen (secondary N) is 1. The van der Waals surface area contributed by atoms with E-state index in [2.05, 4.69) is 10.3 Å². The van der Waals surface area contributed by atoms with Gasteiger partial charge < -0.3 is 5.73 Å². The van der Waals surface area contributed by atoms with Crippen molar-refractivity contribution in [3.8, 4) is 0 Å². The molecule has 1 aromatic rings. The van der Waals surface area contributed by atoms with Crippen LogP contribution in [0.2, 0.25) is 0 Å². The summed E-state index contributed by atoms with van der Waals surface area (Å²) in [5, 5.41) is 0. The minimum absolute atomic E-state index is 0.322. The summed E-state index contributed by atoms with van der Waals surface area (Å²) in [6.07, 6.45) is 0.889. The second kappa shape index (κ2) is 5.47. The second-order valence-electron chi connectivity index (χ2n) is 2.81. The lowest BCUT2D eigenvalue weighted by molar-refractivity contribution is -0.124. The van der Waals surface area contributed by atoms with Crippen molar-refractivity contribution in [2.24, 2.45) is 5.73 Å². The van der Waals surface area contributed by atoms with Gasteiger partial charge in [0.25, 0.3) is 5.91 Å². The van der Waals surface area contributed by atoms with Crippen LogP contribution in [0.15, 0.2) is 12.1 Å². The van der Waals surface area contributed by atoms with Crippen LogP contribution >= 0.6 is 11.3 Å². The molecule has 0 atom stereocenters. The quantitative estimate of drug-likeness (QED) is 0.718. The van der Waals surface area contributed by atoms with E-state index < -0.39 is 5.91 Å². The van der Waals surface area contributed by atoms with Crippen LogP contribution in [0.25, 0.3) is 0 Å². The molecule has 0 fully saturated rings. The maximum Gasteiger partial charge on any atom is 0.284 e. The van der Waals surface area contributed by atoms with Crippen molar-refractivity contribution in [3.05, 3.63) is 21.9 Å². The van der Waals surface area contributed by atoms with Crippen LogP contribution < -0.4 is 11.2 Å². The van der Waals surface area contributed by atoms with Gasteiger partial charge in [-0.3, -0.25) is 14.4 Å². The molecule has 2 amide bonds. The Morgan fingerprint density at radius 2 is 2.27 bits per heavy atom. The van der Waals surface area contributed by atoms with Gasteiger partial charge in [-0.1, -0.05) is 6.92 Å². The third-order valence-corrected chi connectivity index (χ3v) is 2.84. The van der Waals surface area contributed by atoms with Crippen LogP contribution in [-0.4, -0.2) is 18.4 Å². The molecule has 1 rings (SSSR count). The zero-order valence-corrected chi connectivity index (χ0v) is 9.10. The van der Waals surface area contributed by atoms with E-state index in [9.17, 15) is 9.59 Å². The van der Waals surface area contributed by atoms with E-state index in [1.807, 2.05) is 13.0 Å². The third-order valence-electron chi connectivity index (χ3n) is 1.61. The highest BCUT2D eigenvalue weighted by atomic mass is 32.1. The largest absolute Gasteiger partial charge is 0.368 e. The zero-order chi connectivity index (χ0) is 11.3. The fourth-order valence-electron chi connectivity index (χ4n) is 0.913. The van der Waals surface area contributed by atoms with Crippen molar-refractivity contribution < 1.29 is 14.4 Å². The van der Waals surface area contributed by atoms with E-state index in [1.165, 1.54) is 11.3 Å². The molecule has 0 radical (unpaired) electrons. The first-order valence-electron chi connectivity index (χ1n) is 4.42. The van der Waals surface area contributed by atoms with E-state index in [1.54, 1.807) is 6.07 Å². The number of carbonyl (C=O) groups excluding carboxylic acids is 2. The molecule has 3 N–H and O–H groups in total. The SMILES string of the molecule is CCc1ccc(C(=O)NOCC(N)=O)s1. The van der Waals surface area contributed by atoms with Gasteiger partial charge in [0.05, 0.1) is 4.88 Å². The maximum atomic E-state index is 11.4. The predicted octanol–water partition coefficient (Wildman–Crippen LogP) is 0.457.